The SMILES string of the molecule is Cc1ccc(C(C)C)cc1OCC(=O)N/N=C/c1cc(Br)ccc1O. The van der Waals surface area contributed by atoms with Gasteiger partial charge < -0.3 is 9.84 Å². The molecule has 2 rings (SSSR count). The van der Waals surface area contributed by atoms with Gasteiger partial charge in [-0.05, 0) is 48.2 Å². The molecule has 132 valence electrons. The molecule has 0 bridgehead atoms. The van der Waals surface area contributed by atoms with Crippen molar-refractivity contribution in [3.8, 4) is 11.5 Å². The minimum Gasteiger partial charge on any atom is -0.507 e. The van der Waals surface area contributed by atoms with Crippen LogP contribution < -0.4 is 10.2 Å². The number of hydrazone groups is 1. The third kappa shape index (κ3) is 5.60. The molecule has 0 aliphatic heterocycles. The van der Waals surface area contributed by atoms with Crippen LogP contribution in [0.5, 0.6) is 11.5 Å². The summed E-state index contributed by atoms with van der Waals surface area (Å²) in [5, 5.41) is 13.5. The third-order valence-corrected chi connectivity index (χ3v) is 4.11. The van der Waals surface area contributed by atoms with Crippen LogP contribution in [0.4, 0.5) is 0 Å². The van der Waals surface area contributed by atoms with Crippen LogP contribution in [0.2, 0.25) is 0 Å². The lowest BCUT2D eigenvalue weighted by molar-refractivity contribution is -0.123. The molecule has 2 aromatic rings. The van der Waals surface area contributed by atoms with Crippen LogP contribution in [0.15, 0.2) is 46.0 Å². The minimum atomic E-state index is -0.375. The number of phenolic OH excluding ortho intramolecular Hbond substituents is 1. The van der Waals surface area contributed by atoms with Gasteiger partial charge in [0.05, 0.1) is 6.21 Å². The second-order valence-electron chi connectivity index (χ2n) is 5.96. The van der Waals surface area contributed by atoms with Crippen molar-refractivity contribution >= 4 is 28.1 Å². The number of ether oxygens (including phenoxy) is 1. The Bertz CT molecular complexity index is 788. The van der Waals surface area contributed by atoms with Gasteiger partial charge in [0.15, 0.2) is 6.61 Å². The molecule has 0 spiro atoms. The highest BCUT2D eigenvalue weighted by molar-refractivity contribution is 9.10. The zero-order valence-electron chi connectivity index (χ0n) is 14.4. The van der Waals surface area contributed by atoms with E-state index in [0.717, 1.165) is 15.6 Å². The molecule has 25 heavy (non-hydrogen) atoms. The minimum absolute atomic E-state index is 0.0820. The number of carbonyl (C=O) groups excluding carboxylic acids is 1. The third-order valence-electron chi connectivity index (χ3n) is 3.62. The molecule has 0 saturated heterocycles. The average molecular weight is 405 g/mol. The van der Waals surface area contributed by atoms with Gasteiger partial charge in [-0.1, -0.05) is 41.9 Å². The number of rotatable bonds is 6. The monoisotopic (exact) mass is 404 g/mol. The van der Waals surface area contributed by atoms with E-state index in [-0.39, 0.29) is 18.3 Å². The lowest BCUT2D eigenvalue weighted by Gasteiger charge is -2.12. The number of aryl methyl sites for hydroxylation is 1. The maximum absolute atomic E-state index is 11.9. The van der Waals surface area contributed by atoms with Crippen molar-refractivity contribution < 1.29 is 14.6 Å². The largest absolute Gasteiger partial charge is 0.507 e. The Morgan fingerprint density at radius 2 is 2.08 bits per heavy atom. The number of hydrogen-bond donors (Lipinski definition) is 2. The van der Waals surface area contributed by atoms with Gasteiger partial charge in [-0.25, -0.2) is 5.43 Å². The summed E-state index contributed by atoms with van der Waals surface area (Å²) in [6.07, 6.45) is 1.38. The van der Waals surface area contributed by atoms with Gasteiger partial charge in [-0.3, -0.25) is 4.79 Å². The summed E-state index contributed by atoms with van der Waals surface area (Å²) < 4.78 is 6.40. The normalized spacial score (nSPS) is 11.1. The van der Waals surface area contributed by atoms with E-state index in [1.54, 1.807) is 18.2 Å². The smallest absolute Gasteiger partial charge is 0.277 e. The van der Waals surface area contributed by atoms with Crippen molar-refractivity contribution in [2.24, 2.45) is 5.10 Å². The molecule has 6 heteroatoms. The van der Waals surface area contributed by atoms with Crippen LogP contribution in [0, 0.1) is 6.92 Å². The van der Waals surface area contributed by atoms with E-state index in [2.05, 4.69) is 46.4 Å². The summed E-state index contributed by atoms with van der Waals surface area (Å²) in [6, 6.07) is 10.9. The molecule has 0 unspecified atom stereocenters. The summed E-state index contributed by atoms with van der Waals surface area (Å²) in [6.45, 7) is 6.01. The van der Waals surface area contributed by atoms with Crippen molar-refractivity contribution in [1.82, 2.24) is 5.43 Å². The second kappa shape index (κ2) is 8.67. The van der Waals surface area contributed by atoms with Gasteiger partial charge in [0.1, 0.15) is 11.5 Å². The molecule has 2 N–H and O–H groups in total. The standard InChI is InChI=1S/C19H21BrN2O3/c1-12(2)14-5-4-13(3)18(9-14)25-11-19(24)22-21-10-15-8-16(20)6-7-17(15)23/h4-10,12,23H,11H2,1-3H3,(H,22,24)/b21-10+. The first-order valence-electron chi connectivity index (χ1n) is 7.90. The number of nitrogens with one attached hydrogen (secondary N) is 1. The van der Waals surface area contributed by atoms with Crippen molar-refractivity contribution in [3.05, 3.63) is 57.6 Å². The topological polar surface area (TPSA) is 70.9 Å². The second-order valence-corrected chi connectivity index (χ2v) is 6.88. The molecule has 2 aromatic carbocycles. The van der Waals surface area contributed by atoms with Gasteiger partial charge in [0.25, 0.3) is 5.91 Å². The maximum atomic E-state index is 11.9. The molecule has 0 atom stereocenters. The van der Waals surface area contributed by atoms with Crippen LogP contribution in [0.25, 0.3) is 0 Å². The van der Waals surface area contributed by atoms with Crippen molar-refractivity contribution in [1.29, 1.82) is 0 Å². The van der Waals surface area contributed by atoms with Crippen LogP contribution in [-0.4, -0.2) is 23.8 Å². The lowest BCUT2D eigenvalue weighted by atomic mass is 10.0. The Hall–Kier alpha value is -2.34. The van der Waals surface area contributed by atoms with E-state index in [1.165, 1.54) is 6.21 Å². The van der Waals surface area contributed by atoms with Gasteiger partial charge in [0, 0.05) is 10.0 Å². The van der Waals surface area contributed by atoms with Crippen molar-refractivity contribution in [2.45, 2.75) is 26.7 Å². The highest BCUT2D eigenvalue weighted by Crippen LogP contribution is 2.24. The number of carbonyl (C=O) groups is 1. The summed E-state index contributed by atoms with van der Waals surface area (Å²) in [5.74, 6) is 0.785. The van der Waals surface area contributed by atoms with Gasteiger partial charge in [0.2, 0.25) is 0 Å². The fraction of sp³-hybridized carbons (Fsp3) is 0.263. The first-order valence-corrected chi connectivity index (χ1v) is 8.70. The predicted molar refractivity (Wildman–Crippen MR) is 102 cm³/mol. The van der Waals surface area contributed by atoms with Gasteiger partial charge in [-0.2, -0.15) is 5.10 Å². The molecule has 1 amide bonds. The molecule has 5 nitrogen and oxygen atoms in total. The first-order chi connectivity index (χ1) is 11.9. The Balaban J connectivity index is 1.92. The molecule has 0 aliphatic carbocycles. The molecule has 0 fully saturated rings. The predicted octanol–water partition coefficient (Wildman–Crippen LogP) is 4.12. The Kier molecular flexibility index (Phi) is 6.58. The Morgan fingerprint density at radius 1 is 1.32 bits per heavy atom. The van der Waals surface area contributed by atoms with E-state index in [0.29, 0.717) is 17.2 Å². The Morgan fingerprint density at radius 3 is 2.80 bits per heavy atom. The lowest BCUT2D eigenvalue weighted by Crippen LogP contribution is -2.24. The fourth-order valence-electron chi connectivity index (χ4n) is 2.11. The maximum Gasteiger partial charge on any atom is 0.277 e. The number of amides is 1. The summed E-state index contributed by atoms with van der Waals surface area (Å²) in [4.78, 5) is 11.9. The van der Waals surface area contributed by atoms with Crippen LogP contribution in [0.1, 0.15) is 36.5 Å². The zero-order valence-corrected chi connectivity index (χ0v) is 16.0. The highest BCUT2D eigenvalue weighted by atomic mass is 79.9. The average Bonchev–Trinajstić information content (AvgIpc) is 2.57. The van der Waals surface area contributed by atoms with Crippen LogP contribution in [-0.2, 0) is 4.79 Å². The van der Waals surface area contributed by atoms with Crippen molar-refractivity contribution in [3.63, 3.8) is 0 Å². The fourth-order valence-corrected chi connectivity index (χ4v) is 2.49. The van der Waals surface area contributed by atoms with E-state index < -0.39 is 0 Å². The number of phenols is 1. The first kappa shape index (κ1) is 19.0. The zero-order chi connectivity index (χ0) is 18.4. The Labute approximate surface area is 155 Å². The van der Waals surface area contributed by atoms with Crippen LogP contribution in [0.3, 0.4) is 0 Å². The summed E-state index contributed by atoms with van der Waals surface area (Å²) in [7, 11) is 0. The number of nitrogens with zero attached hydrogens (tertiary/aromatic N) is 1. The van der Waals surface area contributed by atoms with Gasteiger partial charge in [-0.15, -0.1) is 0 Å². The molecular formula is C19H21BrN2O3. The molecule has 0 aliphatic rings. The highest BCUT2D eigenvalue weighted by Gasteiger charge is 2.07. The van der Waals surface area contributed by atoms with E-state index in [9.17, 15) is 9.90 Å². The van der Waals surface area contributed by atoms with E-state index >= 15 is 0 Å². The van der Waals surface area contributed by atoms with Crippen molar-refractivity contribution in [2.75, 3.05) is 6.61 Å². The van der Waals surface area contributed by atoms with E-state index in [1.807, 2.05) is 19.1 Å². The van der Waals surface area contributed by atoms with Crippen LogP contribution >= 0.6 is 15.9 Å². The number of hydrogen-bond acceptors (Lipinski definition) is 4. The van der Waals surface area contributed by atoms with Gasteiger partial charge >= 0.3 is 0 Å². The molecule has 0 radical (unpaired) electrons. The summed E-state index contributed by atoms with van der Waals surface area (Å²) in [5.41, 5.74) is 5.01. The number of aromatic hydroxyl groups is 1. The summed E-state index contributed by atoms with van der Waals surface area (Å²) >= 11 is 3.31. The quantitative estimate of drug-likeness (QED) is 0.561. The number of halogens is 1. The molecular weight excluding hydrogens is 384 g/mol. The molecule has 0 heterocycles. The molecule has 0 aromatic heterocycles. The number of benzene rings is 2. The molecule has 0 saturated carbocycles. The van der Waals surface area contributed by atoms with E-state index in [4.69, 9.17) is 4.74 Å².